The second-order valence-corrected chi connectivity index (χ2v) is 11.3. The van der Waals surface area contributed by atoms with Crippen LogP contribution in [0.5, 0.6) is 0 Å². The fourth-order valence-corrected chi connectivity index (χ4v) is 6.72. The first-order chi connectivity index (χ1) is 20.5. The van der Waals surface area contributed by atoms with Crippen molar-refractivity contribution in [3.63, 3.8) is 0 Å². The van der Waals surface area contributed by atoms with Crippen molar-refractivity contribution in [2.24, 2.45) is 0 Å². The van der Waals surface area contributed by atoms with Gasteiger partial charge in [-0.25, -0.2) is 0 Å². The Morgan fingerprint density at radius 3 is 2.24 bits per heavy atom. The number of para-hydroxylation sites is 2. The molecular weight excluding hydrogens is 524 g/mol. The van der Waals surface area contributed by atoms with E-state index in [4.69, 9.17) is 4.74 Å². The fraction of sp³-hybridized carbons (Fsp3) is 0.371. The predicted molar refractivity (Wildman–Crippen MR) is 169 cm³/mol. The van der Waals surface area contributed by atoms with Crippen molar-refractivity contribution in [1.29, 1.82) is 0 Å². The second-order valence-electron chi connectivity index (χ2n) is 11.3. The highest BCUT2D eigenvalue weighted by molar-refractivity contribution is 6.06. The molecule has 6 rings (SSSR count). The van der Waals surface area contributed by atoms with E-state index in [2.05, 4.69) is 77.5 Å². The van der Waals surface area contributed by atoms with Crippen molar-refractivity contribution in [3.8, 4) is 0 Å². The van der Waals surface area contributed by atoms with Crippen LogP contribution in [0.15, 0.2) is 84.1 Å². The Labute approximate surface area is 248 Å². The lowest BCUT2D eigenvalue weighted by atomic mass is 9.78. The smallest absolute Gasteiger partial charge is 0.224 e. The maximum Gasteiger partial charge on any atom is 0.224 e. The summed E-state index contributed by atoms with van der Waals surface area (Å²) in [7, 11) is 0. The Kier molecular flexibility index (Phi) is 8.02. The molecule has 218 valence electrons. The van der Waals surface area contributed by atoms with Crippen molar-refractivity contribution in [3.05, 3.63) is 95.2 Å². The van der Waals surface area contributed by atoms with Crippen LogP contribution in [0.1, 0.15) is 56.7 Å². The molecular formula is C35H40N4O3. The standard InChI is InChI=1S/C35H40N4O3/c1-4-37(5-2)28-16-12-26(13-17-28)35-34-31(36-30-8-6-7-9-32(30)39(35)24(3)40)22-27(23-33(34)41)25-10-14-29(15-11-25)38-18-20-42-21-19-38/h6-17,27,35-36H,4-5,18-23H2,1-3H3. The van der Waals surface area contributed by atoms with Crippen LogP contribution in [0, 0.1) is 0 Å². The summed E-state index contributed by atoms with van der Waals surface area (Å²) in [6, 6.07) is 24.4. The number of fused-ring (bicyclic) bond motifs is 1. The average molecular weight is 565 g/mol. The highest BCUT2D eigenvalue weighted by Crippen LogP contribution is 2.47. The lowest BCUT2D eigenvalue weighted by Gasteiger charge is -2.35. The van der Waals surface area contributed by atoms with E-state index in [-0.39, 0.29) is 17.6 Å². The monoisotopic (exact) mass is 564 g/mol. The molecule has 2 heterocycles. The van der Waals surface area contributed by atoms with Gasteiger partial charge >= 0.3 is 0 Å². The summed E-state index contributed by atoms with van der Waals surface area (Å²) in [5, 5.41) is 3.62. The lowest BCUT2D eigenvalue weighted by Crippen LogP contribution is -2.37. The van der Waals surface area contributed by atoms with E-state index in [1.54, 1.807) is 11.8 Å². The number of Topliss-reactive ketones (excluding diaryl/α,β-unsaturated/α-hetero) is 1. The van der Waals surface area contributed by atoms with Crippen molar-refractivity contribution < 1.29 is 14.3 Å². The number of ether oxygens (including phenoxy) is 1. The molecule has 0 radical (unpaired) electrons. The summed E-state index contributed by atoms with van der Waals surface area (Å²) in [6.07, 6.45) is 1.11. The molecule has 7 heteroatoms. The van der Waals surface area contributed by atoms with Crippen molar-refractivity contribution >= 4 is 34.4 Å². The number of morpholine rings is 1. The molecule has 1 aliphatic carbocycles. The third-order valence-electron chi connectivity index (χ3n) is 8.91. The third kappa shape index (κ3) is 5.29. The number of rotatable bonds is 6. The number of benzene rings is 3. The van der Waals surface area contributed by atoms with Gasteiger partial charge in [-0.05, 0) is 73.7 Å². The van der Waals surface area contributed by atoms with Gasteiger partial charge < -0.3 is 19.9 Å². The number of carbonyl (C=O) groups is 2. The van der Waals surface area contributed by atoms with Gasteiger partial charge in [0.25, 0.3) is 0 Å². The van der Waals surface area contributed by atoms with E-state index in [1.165, 1.54) is 5.69 Å². The molecule has 42 heavy (non-hydrogen) atoms. The SMILES string of the molecule is CCN(CC)c1ccc(C2C3=C(CC(c4ccc(N5CCOCC5)cc4)CC3=O)Nc3ccccc3N2C(C)=O)cc1. The molecule has 3 aromatic rings. The Morgan fingerprint density at radius 2 is 1.57 bits per heavy atom. The van der Waals surface area contributed by atoms with E-state index >= 15 is 0 Å². The number of hydrogen-bond acceptors (Lipinski definition) is 6. The zero-order chi connectivity index (χ0) is 29.2. The molecule has 0 spiro atoms. The molecule has 2 atom stereocenters. The zero-order valence-corrected chi connectivity index (χ0v) is 24.8. The van der Waals surface area contributed by atoms with Gasteiger partial charge in [0, 0.05) is 62.2 Å². The predicted octanol–water partition coefficient (Wildman–Crippen LogP) is 6.29. The van der Waals surface area contributed by atoms with E-state index in [0.717, 1.165) is 73.3 Å². The highest BCUT2D eigenvalue weighted by atomic mass is 16.5. The minimum absolute atomic E-state index is 0.0595. The molecule has 2 aliphatic heterocycles. The summed E-state index contributed by atoms with van der Waals surface area (Å²) < 4.78 is 5.51. The summed E-state index contributed by atoms with van der Waals surface area (Å²) in [5.41, 5.74) is 7.66. The average Bonchev–Trinajstić information content (AvgIpc) is 3.17. The molecule has 1 N–H and O–H groups in total. The zero-order valence-electron chi connectivity index (χ0n) is 24.8. The van der Waals surface area contributed by atoms with E-state index in [1.807, 2.05) is 24.3 Å². The number of hydrogen-bond donors (Lipinski definition) is 1. The largest absolute Gasteiger partial charge is 0.378 e. The topological polar surface area (TPSA) is 65.1 Å². The summed E-state index contributed by atoms with van der Waals surface area (Å²) in [6.45, 7) is 11.0. The van der Waals surface area contributed by atoms with Gasteiger partial charge in [-0.1, -0.05) is 36.4 Å². The van der Waals surface area contributed by atoms with Gasteiger partial charge in [-0.2, -0.15) is 0 Å². The summed E-state index contributed by atoms with van der Waals surface area (Å²) in [5.74, 6) is 0.0524. The first-order valence-corrected chi connectivity index (χ1v) is 15.2. The van der Waals surface area contributed by atoms with Crippen LogP contribution in [0.3, 0.4) is 0 Å². The lowest BCUT2D eigenvalue weighted by molar-refractivity contribution is -0.117. The number of ketones is 1. The molecule has 0 bridgehead atoms. The fourth-order valence-electron chi connectivity index (χ4n) is 6.72. The van der Waals surface area contributed by atoms with Crippen LogP contribution in [-0.4, -0.2) is 51.1 Å². The Balaban J connectivity index is 1.39. The van der Waals surface area contributed by atoms with Crippen LogP contribution in [0.4, 0.5) is 22.7 Å². The maximum atomic E-state index is 14.2. The number of allylic oxidation sites excluding steroid dienone is 1. The maximum absolute atomic E-state index is 14.2. The molecule has 0 aromatic heterocycles. The quantitative estimate of drug-likeness (QED) is 0.380. The van der Waals surface area contributed by atoms with Crippen LogP contribution in [-0.2, 0) is 14.3 Å². The minimum Gasteiger partial charge on any atom is -0.378 e. The summed E-state index contributed by atoms with van der Waals surface area (Å²) in [4.78, 5) is 34.0. The van der Waals surface area contributed by atoms with Crippen LogP contribution < -0.4 is 20.0 Å². The van der Waals surface area contributed by atoms with Crippen LogP contribution in [0.25, 0.3) is 0 Å². The molecule has 1 fully saturated rings. The molecule has 7 nitrogen and oxygen atoms in total. The number of amides is 1. The number of nitrogens with zero attached hydrogens (tertiary/aromatic N) is 3. The molecule has 3 aromatic carbocycles. The van der Waals surface area contributed by atoms with Gasteiger partial charge in [0.2, 0.25) is 5.91 Å². The van der Waals surface area contributed by atoms with Crippen molar-refractivity contribution in [2.45, 2.75) is 45.6 Å². The Bertz CT molecular complexity index is 1470. The van der Waals surface area contributed by atoms with Gasteiger partial charge in [0.05, 0.1) is 30.6 Å². The molecule has 1 amide bonds. The molecule has 3 aliphatic rings. The van der Waals surface area contributed by atoms with Crippen molar-refractivity contribution in [1.82, 2.24) is 0 Å². The normalized spacial score (nSPS) is 20.4. The first-order valence-electron chi connectivity index (χ1n) is 15.2. The Morgan fingerprint density at radius 1 is 0.905 bits per heavy atom. The van der Waals surface area contributed by atoms with E-state index in [0.29, 0.717) is 18.4 Å². The van der Waals surface area contributed by atoms with Gasteiger partial charge in [0.1, 0.15) is 0 Å². The van der Waals surface area contributed by atoms with Crippen LogP contribution in [0.2, 0.25) is 0 Å². The van der Waals surface area contributed by atoms with Gasteiger partial charge in [-0.15, -0.1) is 0 Å². The van der Waals surface area contributed by atoms with Crippen molar-refractivity contribution in [2.75, 3.05) is 59.4 Å². The molecule has 1 saturated heterocycles. The number of carbonyl (C=O) groups excluding carboxylic acids is 2. The second kappa shape index (κ2) is 12.0. The van der Waals surface area contributed by atoms with Crippen LogP contribution >= 0.6 is 0 Å². The minimum atomic E-state index is -0.503. The number of anilines is 4. The van der Waals surface area contributed by atoms with Gasteiger partial charge in [-0.3, -0.25) is 14.5 Å². The first kappa shape index (κ1) is 28.0. The number of nitrogens with one attached hydrogen (secondary N) is 1. The van der Waals surface area contributed by atoms with E-state index in [9.17, 15) is 9.59 Å². The van der Waals surface area contributed by atoms with E-state index < -0.39 is 6.04 Å². The molecule has 0 saturated carbocycles. The molecule has 2 unspecified atom stereocenters. The Hall–Kier alpha value is -4.10. The summed E-state index contributed by atoms with van der Waals surface area (Å²) >= 11 is 0. The van der Waals surface area contributed by atoms with Gasteiger partial charge in [0.15, 0.2) is 5.78 Å². The highest BCUT2D eigenvalue weighted by Gasteiger charge is 2.40. The third-order valence-corrected chi connectivity index (χ3v) is 8.91.